The van der Waals surface area contributed by atoms with Crippen LogP contribution in [0.1, 0.15) is 75.5 Å². The zero-order chi connectivity index (χ0) is 19.4. The van der Waals surface area contributed by atoms with Gasteiger partial charge in [0.2, 0.25) is 5.90 Å². The van der Waals surface area contributed by atoms with E-state index in [1.807, 2.05) is 24.3 Å². The fourth-order valence-corrected chi connectivity index (χ4v) is 3.40. The summed E-state index contributed by atoms with van der Waals surface area (Å²) < 4.78 is 11.6. The van der Waals surface area contributed by atoms with Crippen molar-refractivity contribution in [2.24, 2.45) is 4.99 Å². The number of aliphatic imine (C=N–C) groups is 1. The van der Waals surface area contributed by atoms with Gasteiger partial charge in [0.1, 0.15) is 18.4 Å². The third kappa shape index (κ3) is 6.36. The Morgan fingerprint density at radius 2 is 1.71 bits per heavy atom. The van der Waals surface area contributed by atoms with Crippen LogP contribution in [0.4, 0.5) is 0 Å². The molecule has 0 radical (unpaired) electrons. The zero-order valence-corrected chi connectivity index (χ0v) is 17.0. The van der Waals surface area contributed by atoms with Crippen molar-refractivity contribution in [3.8, 4) is 5.75 Å². The van der Waals surface area contributed by atoms with Gasteiger partial charge in [0.15, 0.2) is 0 Å². The number of hydrogen-bond acceptors (Lipinski definition) is 4. The van der Waals surface area contributed by atoms with E-state index in [1.165, 1.54) is 44.9 Å². The number of rotatable bonds is 12. The van der Waals surface area contributed by atoms with E-state index in [-0.39, 0.29) is 6.04 Å². The number of aromatic nitrogens is 1. The fourth-order valence-electron chi connectivity index (χ4n) is 3.40. The van der Waals surface area contributed by atoms with Gasteiger partial charge in [0.05, 0.1) is 12.2 Å². The molecule has 1 aromatic heterocycles. The Kier molecular flexibility index (Phi) is 8.35. The highest BCUT2D eigenvalue weighted by Crippen LogP contribution is 2.26. The summed E-state index contributed by atoms with van der Waals surface area (Å²) in [4.78, 5) is 8.82. The van der Waals surface area contributed by atoms with Gasteiger partial charge < -0.3 is 9.47 Å². The van der Waals surface area contributed by atoms with Gasteiger partial charge >= 0.3 is 0 Å². The maximum Gasteiger partial charge on any atom is 0.218 e. The molecule has 1 aromatic carbocycles. The number of ether oxygens (including phenoxy) is 2. The molecule has 28 heavy (non-hydrogen) atoms. The number of unbranched alkanes of at least 4 members (excludes halogenated alkanes) is 7. The summed E-state index contributed by atoms with van der Waals surface area (Å²) in [5, 5.41) is 0. The Balaban J connectivity index is 1.37. The minimum Gasteiger partial charge on any atom is -0.494 e. The highest BCUT2D eigenvalue weighted by Gasteiger charge is 2.21. The van der Waals surface area contributed by atoms with E-state index in [9.17, 15) is 0 Å². The third-order valence-corrected chi connectivity index (χ3v) is 5.09. The molecule has 150 valence electrons. The number of hydrogen-bond donors (Lipinski definition) is 0. The smallest absolute Gasteiger partial charge is 0.218 e. The molecule has 2 heterocycles. The molecule has 3 rings (SSSR count). The molecule has 4 nitrogen and oxygen atoms in total. The first kappa shape index (κ1) is 20.4. The van der Waals surface area contributed by atoms with Crippen LogP contribution in [0.25, 0.3) is 0 Å². The molecule has 0 spiro atoms. The molecule has 0 aliphatic carbocycles. The lowest BCUT2D eigenvalue weighted by Gasteiger charge is -2.09. The standard InChI is InChI=1S/C24H32N2O2/c1-2-3-4-5-6-7-8-9-17-27-22-14-12-20(13-15-22)23-19-28-24(26-23)21-11-10-16-25-18-21/h10-16,18,23H,2-9,17,19H2,1H3. The number of benzene rings is 1. The summed E-state index contributed by atoms with van der Waals surface area (Å²) in [6, 6.07) is 12.2. The Hall–Kier alpha value is -2.36. The third-order valence-electron chi connectivity index (χ3n) is 5.09. The monoisotopic (exact) mass is 380 g/mol. The molecule has 0 saturated heterocycles. The minimum atomic E-state index is 0.0389. The van der Waals surface area contributed by atoms with Crippen molar-refractivity contribution >= 4 is 5.90 Å². The summed E-state index contributed by atoms with van der Waals surface area (Å²) in [6.07, 6.45) is 14.1. The Morgan fingerprint density at radius 1 is 0.964 bits per heavy atom. The molecule has 1 unspecified atom stereocenters. The normalized spacial score (nSPS) is 15.9. The van der Waals surface area contributed by atoms with Gasteiger partial charge in [-0.05, 0) is 36.2 Å². The van der Waals surface area contributed by atoms with Crippen LogP contribution in [0.15, 0.2) is 53.8 Å². The molecule has 1 aliphatic rings. The van der Waals surface area contributed by atoms with E-state index in [0.29, 0.717) is 12.5 Å². The molecule has 0 bridgehead atoms. The maximum atomic E-state index is 5.88. The fraction of sp³-hybridized carbons (Fsp3) is 0.500. The van der Waals surface area contributed by atoms with E-state index in [1.54, 1.807) is 12.4 Å². The lowest BCUT2D eigenvalue weighted by atomic mass is 10.1. The van der Waals surface area contributed by atoms with Crippen LogP contribution >= 0.6 is 0 Å². The largest absolute Gasteiger partial charge is 0.494 e. The average molecular weight is 381 g/mol. The molecule has 0 saturated carbocycles. The first-order valence-corrected chi connectivity index (χ1v) is 10.7. The maximum absolute atomic E-state index is 5.88. The highest BCUT2D eigenvalue weighted by molar-refractivity contribution is 5.94. The van der Waals surface area contributed by atoms with Crippen LogP contribution in [0, 0.1) is 0 Å². The van der Waals surface area contributed by atoms with E-state index in [0.717, 1.165) is 29.9 Å². The van der Waals surface area contributed by atoms with Crippen molar-refractivity contribution in [3.63, 3.8) is 0 Å². The van der Waals surface area contributed by atoms with Crippen molar-refractivity contribution in [1.29, 1.82) is 0 Å². The molecule has 4 heteroatoms. The zero-order valence-electron chi connectivity index (χ0n) is 17.0. The lowest BCUT2D eigenvalue weighted by Crippen LogP contribution is -2.01. The van der Waals surface area contributed by atoms with Gasteiger partial charge in [-0.1, -0.05) is 64.0 Å². The van der Waals surface area contributed by atoms with Gasteiger partial charge in [-0.15, -0.1) is 0 Å². The highest BCUT2D eigenvalue weighted by atomic mass is 16.5. The quantitative estimate of drug-likeness (QED) is 0.417. The van der Waals surface area contributed by atoms with Crippen LogP contribution in [0.2, 0.25) is 0 Å². The summed E-state index contributed by atoms with van der Waals surface area (Å²) in [5.74, 6) is 1.61. The summed E-state index contributed by atoms with van der Waals surface area (Å²) in [7, 11) is 0. The lowest BCUT2D eigenvalue weighted by molar-refractivity contribution is 0.303. The van der Waals surface area contributed by atoms with E-state index >= 15 is 0 Å². The minimum absolute atomic E-state index is 0.0389. The van der Waals surface area contributed by atoms with Crippen molar-refractivity contribution in [2.45, 2.75) is 64.3 Å². The van der Waals surface area contributed by atoms with Crippen molar-refractivity contribution in [2.75, 3.05) is 13.2 Å². The van der Waals surface area contributed by atoms with Crippen LogP contribution in [-0.2, 0) is 4.74 Å². The van der Waals surface area contributed by atoms with Crippen molar-refractivity contribution in [1.82, 2.24) is 4.98 Å². The Labute approximate surface area is 169 Å². The molecular weight excluding hydrogens is 348 g/mol. The van der Waals surface area contributed by atoms with Crippen molar-refractivity contribution in [3.05, 3.63) is 59.9 Å². The van der Waals surface area contributed by atoms with Crippen LogP contribution in [0.5, 0.6) is 5.75 Å². The number of pyridine rings is 1. The Morgan fingerprint density at radius 3 is 2.43 bits per heavy atom. The van der Waals surface area contributed by atoms with E-state index < -0.39 is 0 Å². The molecular formula is C24H32N2O2. The predicted octanol–water partition coefficient (Wildman–Crippen LogP) is 6.12. The van der Waals surface area contributed by atoms with E-state index in [2.05, 4.69) is 24.0 Å². The molecule has 1 aliphatic heterocycles. The van der Waals surface area contributed by atoms with Gasteiger partial charge in [0.25, 0.3) is 0 Å². The molecule has 0 amide bonds. The average Bonchev–Trinajstić information content (AvgIpc) is 3.24. The second kappa shape index (κ2) is 11.5. The second-order valence-corrected chi connectivity index (χ2v) is 7.40. The molecule has 1 atom stereocenters. The predicted molar refractivity (Wildman–Crippen MR) is 114 cm³/mol. The van der Waals surface area contributed by atoms with E-state index in [4.69, 9.17) is 14.5 Å². The van der Waals surface area contributed by atoms with Gasteiger partial charge in [-0.3, -0.25) is 4.98 Å². The van der Waals surface area contributed by atoms with Crippen LogP contribution in [-0.4, -0.2) is 24.1 Å². The van der Waals surface area contributed by atoms with Gasteiger partial charge in [0, 0.05) is 12.4 Å². The second-order valence-electron chi connectivity index (χ2n) is 7.40. The first-order valence-electron chi connectivity index (χ1n) is 10.7. The van der Waals surface area contributed by atoms with Crippen LogP contribution in [0.3, 0.4) is 0 Å². The topological polar surface area (TPSA) is 43.7 Å². The van der Waals surface area contributed by atoms with Gasteiger partial charge in [-0.2, -0.15) is 0 Å². The van der Waals surface area contributed by atoms with Crippen molar-refractivity contribution < 1.29 is 9.47 Å². The SMILES string of the molecule is CCCCCCCCCCOc1ccc(C2COC(c3cccnc3)=N2)cc1. The number of nitrogens with zero attached hydrogens (tertiary/aromatic N) is 2. The van der Waals surface area contributed by atoms with Crippen LogP contribution < -0.4 is 4.74 Å². The summed E-state index contributed by atoms with van der Waals surface area (Å²) >= 11 is 0. The summed E-state index contributed by atoms with van der Waals surface area (Å²) in [5.41, 5.74) is 2.08. The molecule has 0 N–H and O–H groups in total. The summed E-state index contributed by atoms with van der Waals surface area (Å²) in [6.45, 7) is 3.63. The molecule has 0 fully saturated rings. The molecule has 2 aromatic rings. The first-order chi connectivity index (χ1) is 13.9. The Bertz CT molecular complexity index is 713. The van der Waals surface area contributed by atoms with Gasteiger partial charge in [-0.25, -0.2) is 4.99 Å².